The first-order chi connectivity index (χ1) is 8.04. The summed E-state index contributed by atoms with van der Waals surface area (Å²) in [4.78, 5) is 23.2. The minimum atomic E-state index is -0.321. The fourth-order valence-electron chi connectivity index (χ4n) is 1.29. The molecule has 0 saturated carbocycles. The number of hydrogen-bond donors (Lipinski definition) is 0. The van der Waals surface area contributed by atoms with Crippen LogP contribution in [0.2, 0.25) is 10.0 Å². The third kappa shape index (κ3) is 4.46. The van der Waals surface area contributed by atoms with Crippen LogP contribution < -0.4 is 0 Å². The van der Waals surface area contributed by atoms with Crippen molar-refractivity contribution in [3.8, 4) is 0 Å². The van der Waals surface area contributed by atoms with E-state index in [0.717, 1.165) is 0 Å². The largest absolute Gasteiger partial charge is 0.384 e. The molecule has 0 aliphatic carbocycles. The fraction of sp³-hybridized carbons (Fsp3) is 0.333. The van der Waals surface area contributed by atoms with Crippen molar-refractivity contribution in [1.82, 2.24) is 0 Å². The normalized spacial score (nSPS) is 10.3. The molecule has 1 aromatic carbocycles. The standard InChI is InChI=1S/C12H12Cl2O3/c1-17-5-4-9(15)7-12(16)10-6-8(13)2-3-11(10)14/h2-3,6H,4-5,7H2,1H3. The third-order valence-electron chi connectivity index (χ3n) is 2.17. The van der Waals surface area contributed by atoms with Crippen LogP contribution in [0, 0.1) is 0 Å². The summed E-state index contributed by atoms with van der Waals surface area (Å²) in [5, 5.41) is 0.723. The van der Waals surface area contributed by atoms with E-state index in [4.69, 9.17) is 27.9 Å². The maximum absolute atomic E-state index is 11.8. The fourth-order valence-corrected chi connectivity index (χ4v) is 1.68. The van der Waals surface area contributed by atoms with Gasteiger partial charge in [-0.15, -0.1) is 0 Å². The van der Waals surface area contributed by atoms with E-state index in [0.29, 0.717) is 16.7 Å². The highest BCUT2D eigenvalue weighted by Crippen LogP contribution is 2.22. The molecular weight excluding hydrogens is 263 g/mol. The molecule has 0 bridgehead atoms. The molecule has 0 heterocycles. The molecule has 5 heteroatoms. The number of carbonyl (C=O) groups excluding carboxylic acids is 2. The Labute approximate surface area is 110 Å². The van der Waals surface area contributed by atoms with E-state index in [1.165, 1.54) is 19.2 Å². The number of hydrogen-bond acceptors (Lipinski definition) is 3. The van der Waals surface area contributed by atoms with Crippen LogP contribution in [0.15, 0.2) is 18.2 Å². The second kappa shape index (κ2) is 6.74. The Morgan fingerprint density at radius 2 is 2.00 bits per heavy atom. The molecule has 17 heavy (non-hydrogen) atoms. The van der Waals surface area contributed by atoms with Crippen LogP contribution in [-0.4, -0.2) is 25.3 Å². The zero-order valence-corrected chi connectivity index (χ0v) is 10.8. The second-order valence-electron chi connectivity index (χ2n) is 3.51. The summed E-state index contributed by atoms with van der Waals surface area (Å²) in [6.45, 7) is 0.315. The molecule has 1 aromatic rings. The quantitative estimate of drug-likeness (QED) is 0.591. The van der Waals surface area contributed by atoms with Crippen LogP contribution in [-0.2, 0) is 9.53 Å². The summed E-state index contributed by atoms with van der Waals surface area (Å²) in [6.07, 6.45) is 0.0455. The minimum Gasteiger partial charge on any atom is -0.384 e. The Bertz CT molecular complexity index is 430. The van der Waals surface area contributed by atoms with Crippen LogP contribution in [0.5, 0.6) is 0 Å². The molecule has 0 atom stereocenters. The topological polar surface area (TPSA) is 43.4 Å². The smallest absolute Gasteiger partial charge is 0.171 e. The van der Waals surface area contributed by atoms with E-state index >= 15 is 0 Å². The van der Waals surface area contributed by atoms with Gasteiger partial charge in [0, 0.05) is 24.1 Å². The summed E-state index contributed by atoms with van der Waals surface area (Å²) < 4.78 is 4.76. The van der Waals surface area contributed by atoms with Gasteiger partial charge < -0.3 is 4.74 Å². The lowest BCUT2D eigenvalue weighted by Crippen LogP contribution is -2.10. The molecule has 0 aromatic heterocycles. The molecule has 0 spiro atoms. The summed E-state index contributed by atoms with van der Waals surface area (Å²) in [5.41, 5.74) is 0.282. The van der Waals surface area contributed by atoms with Crippen molar-refractivity contribution in [2.75, 3.05) is 13.7 Å². The van der Waals surface area contributed by atoms with Crippen molar-refractivity contribution < 1.29 is 14.3 Å². The van der Waals surface area contributed by atoms with Gasteiger partial charge in [-0.05, 0) is 18.2 Å². The Kier molecular flexibility index (Phi) is 5.62. The SMILES string of the molecule is COCCC(=O)CC(=O)c1cc(Cl)ccc1Cl. The number of carbonyl (C=O) groups is 2. The average molecular weight is 275 g/mol. The number of halogens is 2. The van der Waals surface area contributed by atoms with Gasteiger partial charge in [0.25, 0.3) is 0 Å². The number of methoxy groups -OCH3 is 1. The number of benzene rings is 1. The number of ether oxygens (including phenoxy) is 1. The highest BCUT2D eigenvalue weighted by Gasteiger charge is 2.15. The highest BCUT2D eigenvalue weighted by molar-refractivity contribution is 6.36. The predicted molar refractivity (Wildman–Crippen MR) is 66.9 cm³/mol. The Morgan fingerprint density at radius 1 is 1.29 bits per heavy atom. The monoisotopic (exact) mass is 274 g/mol. The van der Waals surface area contributed by atoms with Crippen molar-refractivity contribution in [3.63, 3.8) is 0 Å². The summed E-state index contributed by atoms with van der Waals surface area (Å²) in [7, 11) is 1.50. The van der Waals surface area contributed by atoms with Gasteiger partial charge in [-0.25, -0.2) is 0 Å². The highest BCUT2D eigenvalue weighted by atomic mass is 35.5. The van der Waals surface area contributed by atoms with Crippen LogP contribution in [0.25, 0.3) is 0 Å². The van der Waals surface area contributed by atoms with Gasteiger partial charge in [-0.2, -0.15) is 0 Å². The van der Waals surface area contributed by atoms with Gasteiger partial charge >= 0.3 is 0 Å². The van der Waals surface area contributed by atoms with Crippen molar-refractivity contribution in [1.29, 1.82) is 0 Å². The average Bonchev–Trinajstić information content (AvgIpc) is 2.29. The van der Waals surface area contributed by atoms with Gasteiger partial charge in [-0.3, -0.25) is 9.59 Å². The lowest BCUT2D eigenvalue weighted by Gasteiger charge is -2.03. The van der Waals surface area contributed by atoms with E-state index in [1.807, 2.05) is 0 Å². The zero-order valence-electron chi connectivity index (χ0n) is 9.33. The Morgan fingerprint density at radius 3 is 2.65 bits per heavy atom. The molecule has 0 amide bonds. The molecule has 0 N–H and O–H groups in total. The van der Waals surface area contributed by atoms with E-state index in [-0.39, 0.29) is 30.0 Å². The molecule has 0 aliphatic rings. The number of ketones is 2. The van der Waals surface area contributed by atoms with Crippen molar-refractivity contribution in [3.05, 3.63) is 33.8 Å². The van der Waals surface area contributed by atoms with E-state index in [1.54, 1.807) is 6.07 Å². The second-order valence-corrected chi connectivity index (χ2v) is 4.35. The first-order valence-electron chi connectivity index (χ1n) is 5.03. The molecule has 3 nitrogen and oxygen atoms in total. The van der Waals surface area contributed by atoms with Crippen LogP contribution >= 0.6 is 23.2 Å². The molecule has 0 aliphatic heterocycles. The van der Waals surface area contributed by atoms with Gasteiger partial charge in [0.1, 0.15) is 5.78 Å². The Hall–Kier alpha value is -0.900. The zero-order chi connectivity index (χ0) is 12.8. The summed E-state index contributed by atoms with van der Waals surface area (Å²) in [6, 6.07) is 4.60. The predicted octanol–water partition coefficient (Wildman–Crippen LogP) is 3.17. The molecule has 0 radical (unpaired) electrons. The maximum Gasteiger partial charge on any atom is 0.171 e. The van der Waals surface area contributed by atoms with E-state index < -0.39 is 0 Å². The molecule has 0 fully saturated rings. The first kappa shape index (κ1) is 14.2. The van der Waals surface area contributed by atoms with E-state index in [2.05, 4.69) is 0 Å². The van der Waals surface area contributed by atoms with E-state index in [9.17, 15) is 9.59 Å². The van der Waals surface area contributed by atoms with Crippen molar-refractivity contribution in [2.24, 2.45) is 0 Å². The summed E-state index contributed by atoms with van der Waals surface area (Å²) in [5.74, 6) is -0.494. The van der Waals surface area contributed by atoms with Crippen LogP contribution in [0.1, 0.15) is 23.2 Å². The van der Waals surface area contributed by atoms with Crippen molar-refractivity contribution >= 4 is 34.8 Å². The number of Topliss-reactive ketones (excluding diaryl/α,β-unsaturated/α-hetero) is 2. The van der Waals surface area contributed by atoms with Gasteiger partial charge in [0.2, 0.25) is 0 Å². The lowest BCUT2D eigenvalue weighted by molar-refractivity contribution is -0.119. The molecule has 0 saturated heterocycles. The Balaban J connectivity index is 2.69. The van der Waals surface area contributed by atoms with Gasteiger partial charge in [-0.1, -0.05) is 23.2 Å². The van der Waals surface area contributed by atoms with Crippen molar-refractivity contribution in [2.45, 2.75) is 12.8 Å². The molecule has 92 valence electrons. The van der Waals surface area contributed by atoms with Crippen LogP contribution in [0.4, 0.5) is 0 Å². The molecular formula is C12H12Cl2O3. The molecule has 1 rings (SSSR count). The number of rotatable bonds is 6. The third-order valence-corrected chi connectivity index (χ3v) is 2.74. The molecule has 0 unspecified atom stereocenters. The first-order valence-corrected chi connectivity index (χ1v) is 5.79. The minimum absolute atomic E-state index is 0.173. The van der Waals surface area contributed by atoms with Gasteiger partial charge in [0.15, 0.2) is 5.78 Å². The van der Waals surface area contributed by atoms with Crippen LogP contribution in [0.3, 0.4) is 0 Å². The lowest BCUT2D eigenvalue weighted by atomic mass is 10.0. The van der Waals surface area contributed by atoms with Gasteiger partial charge in [0.05, 0.1) is 18.1 Å². The summed E-state index contributed by atoms with van der Waals surface area (Å²) >= 11 is 11.6. The maximum atomic E-state index is 11.8.